The van der Waals surface area contributed by atoms with Crippen LogP contribution in [-0.2, 0) is 11.3 Å². The first-order valence-electron chi connectivity index (χ1n) is 10.2. The molecule has 0 aromatic heterocycles. The van der Waals surface area contributed by atoms with E-state index in [1.165, 1.54) is 0 Å². The van der Waals surface area contributed by atoms with Crippen LogP contribution in [0, 0.1) is 12.3 Å². The van der Waals surface area contributed by atoms with Crippen molar-refractivity contribution in [1.29, 1.82) is 5.41 Å². The molecule has 32 heavy (non-hydrogen) atoms. The summed E-state index contributed by atoms with van der Waals surface area (Å²) in [5.41, 5.74) is 9.43. The third kappa shape index (κ3) is 5.37. The number of hydrogen-bond donors (Lipinski definition) is 4. The highest BCUT2D eigenvalue weighted by Crippen LogP contribution is 2.33. The second-order valence-electron chi connectivity index (χ2n) is 7.32. The van der Waals surface area contributed by atoms with Crippen LogP contribution in [0.25, 0.3) is 0 Å². The number of hydrogen-bond acceptors (Lipinski definition) is 5. The molecule has 166 valence electrons. The number of carbonyl (C=O) groups excluding carboxylic acids is 1. The molecule has 0 heterocycles. The number of rotatable bonds is 9. The third-order valence-electron chi connectivity index (χ3n) is 5.19. The highest BCUT2D eigenvalue weighted by atomic mass is 16.5. The number of methoxy groups -OCH3 is 2. The Morgan fingerprint density at radius 1 is 1.00 bits per heavy atom. The van der Waals surface area contributed by atoms with Gasteiger partial charge in [-0.15, -0.1) is 0 Å². The molecule has 0 saturated heterocycles. The molecule has 0 spiro atoms. The van der Waals surface area contributed by atoms with Crippen LogP contribution < -0.4 is 25.8 Å². The number of amides is 1. The smallest absolute Gasteiger partial charge is 0.247 e. The summed E-state index contributed by atoms with van der Waals surface area (Å²) in [4.78, 5) is 13.3. The van der Waals surface area contributed by atoms with Gasteiger partial charge in [-0.2, -0.15) is 0 Å². The van der Waals surface area contributed by atoms with Crippen molar-refractivity contribution in [2.75, 3.05) is 19.5 Å². The summed E-state index contributed by atoms with van der Waals surface area (Å²) in [6, 6.07) is 19.7. The van der Waals surface area contributed by atoms with E-state index in [0.717, 1.165) is 11.1 Å². The lowest BCUT2D eigenvalue weighted by Crippen LogP contribution is -2.33. The van der Waals surface area contributed by atoms with Gasteiger partial charge in [0.15, 0.2) is 0 Å². The van der Waals surface area contributed by atoms with Crippen molar-refractivity contribution in [3.05, 3.63) is 89.0 Å². The molecule has 0 radical (unpaired) electrons. The topological polar surface area (TPSA) is 109 Å². The molecule has 0 fully saturated rings. The van der Waals surface area contributed by atoms with Gasteiger partial charge in [-0.05, 0) is 54.4 Å². The number of nitrogen functional groups attached to an aromatic ring is 1. The fraction of sp³-hybridized carbons (Fsp3) is 0.200. The average Bonchev–Trinajstić information content (AvgIpc) is 2.82. The van der Waals surface area contributed by atoms with Gasteiger partial charge in [-0.25, -0.2) is 0 Å². The monoisotopic (exact) mass is 432 g/mol. The maximum Gasteiger partial charge on any atom is 0.247 e. The molecule has 0 unspecified atom stereocenters. The van der Waals surface area contributed by atoms with Crippen LogP contribution in [0.15, 0.2) is 66.7 Å². The molecule has 3 rings (SSSR count). The van der Waals surface area contributed by atoms with E-state index in [1.807, 2.05) is 49.4 Å². The highest BCUT2D eigenvalue weighted by molar-refractivity contribution is 5.95. The van der Waals surface area contributed by atoms with Crippen LogP contribution in [0.3, 0.4) is 0 Å². The third-order valence-corrected chi connectivity index (χ3v) is 5.19. The minimum absolute atomic E-state index is 0.0123. The lowest BCUT2D eigenvalue weighted by Gasteiger charge is -2.22. The van der Waals surface area contributed by atoms with Gasteiger partial charge in [-0.3, -0.25) is 10.2 Å². The molecule has 7 heteroatoms. The summed E-state index contributed by atoms with van der Waals surface area (Å²) in [5.74, 6) is 1.06. The Hall–Kier alpha value is -4.00. The largest absolute Gasteiger partial charge is 0.496 e. The zero-order valence-electron chi connectivity index (χ0n) is 18.4. The summed E-state index contributed by atoms with van der Waals surface area (Å²) in [6.07, 6.45) is 0. The van der Waals surface area contributed by atoms with Crippen LogP contribution in [0.4, 0.5) is 5.69 Å². The number of amidine groups is 1. The minimum atomic E-state index is -0.703. The standard InChI is InChI=1S/C25H28N4O3/c1-16-21(31-2)13-19(14-22(16)32-3)23(25(30)28-15-17-7-5-4-6-8-17)29-20-11-9-18(10-12-20)24(26)27/h4-14,23,29H,15H2,1-3H3,(H3,26,27)(H,28,30)/t23-/m0/s1. The number of carbonyl (C=O) groups is 1. The summed E-state index contributed by atoms with van der Waals surface area (Å²) in [5, 5.41) is 13.8. The molecular formula is C25H28N4O3. The van der Waals surface area contributed by atoms with Gasteiger partial charge in [-0.1, -0.05) is 30.3 Å². The first kappa shape index (κ1) is 22.7. The van der Waals surface area contributed by atoms with E-state index >= 15 is 0 Å². The van der Waals surface area contributed by atoms with Gasteiger partial charge in [0, 0.05) is 23.4 Å². The second-order valence-corrected chi connectivity index (χ2v) is 7.32. The normalized spacial score (nSPS) is 11.3. The molecule has 7 nitrogen and oxygen atoms in total. The van der Waals surface area contributed by atoms with E-state index in [9.17, 15) is 4.79 Å². The van der Waals surface area contributed by atoms with Crippen molar-refractivity contribution in [2.24, 2.45) is 5.73 Å². The van der Waals surface area contributed by atoms with Gasteiger partial charge >= 0.3 is 0 Å². The maximum atomic E-state index is 13.3. The Balaban J connectivity index is 1.93. The molecule has 1 atom stereocenters. The number of nitrogens with one attached hydrogen (secondary N) is 3. The van der Waals surface area contributed by atoms with E-state index in [4.69, 9.17) is 20.6 Å². The van der Waals surface area contributed by atoms with Crippen molar-refractivity contribution < 1.29 is 14.3 Å². The van der Waals surface area contributed by atoms with Crippen molar-refractivity contribution in [3.63, 3.8) is 0 Å². The van der Waals surface area contributed by atoms with E-state index in [-0.39, 0.29) is 11.7 Å². The van der Waals surface area contributed by atoms with E-state index in [1.54, 1.807) is 38.5 Å². The molecule has 3 aromatic carbocycles. The number of nitrogens with two attached hydrogens (primary N) is 1. The predicted molar refractivity (Wildman–Crippen MR) is 126 cm³/mol. The first-order chi connectivity index (χ1) is 15.4. The molecule has 0 bridgehead atoms. The molecular weight excluding hydrogens is 404 g/mol. The van der Waals surface area contributed by atoms with Crippen molar-refractivity contribution in [2.45, 2.75) is 19.5 Å². The van der Waals surface area contributed by atoms with Gasteiger partial charge in [0.1, 0.15) is 23.4 Å². The maximum absolute atomic E-state index is 13.3. The Labute approximate surface area is 188 Å². The molecule has 0 aliphatic heterocycles. The van der Waals surface area contributed by atoms with Gasteiger partial charge in [0.2, 0.25) is 5.91 Å². The lowest BCUT2D eigenvalue weighted by atomic mass is 10.0. The minimum Gasteiger partial charge on any atom is -0.496 e. The Kier molecular flexibility index (Phi) is 7.33. The van der Waals surface area contributed by atoms with Gasteiger partial charge in [0.05, 0.1) is 14.2 Å². The summed E-state index contributed by atoms with van der Waals surface area (Å²) in [6.45, 7) is 2.31. The average molecular weight is 433 g/mol. The van der Waals surface area contributed by atoms with E-state index < -0.39 is 6.04 Å². The molecule has 0 saturated carbocycles. The van der Waals surface area contributed by atoms with E-state index in [2.05, 4.69) is 10.6 Å². The first-order valence-corrected chi connectivity index (χ1v) is 10.2. The SMILES string of the molecule is COc1cc([C@H](Nc2ccc(C(=N)N)cc2)C(=O)NCc2ccccc2)cc(OC)c1C. The van der Waals surface area contributed by atoms with Crippen LogP contribution in [0.5, 0.6) is 11.5 Å². The fourth-order valence-corrected chi connectivity index (χ4v) is 3.37. The number of anilines is 1. The molecule has 5 N–H and O–H groups in total. The highest BCUT2D eigenvalue weighted by Gasteiger charge is 2.23. The van der Waals surface area contributed by atoms with Gasteiger partial charge in [0.25, 0.3) is 0 Å². The molecule has 0 aliphatic rings. The Morgan fingerprint density at radius 3 is 2.12 bits per heavy atom. The lowest BCUT2D eigenvalue weighted by molar-refractivity contribution is -0.122. The zero-order chi connectivity index (χ0) is 23.1. The molecule has 1 amide bonds. The predicted octanol–water partition coefficient (Wildman–Crippen LogP) is 3.77. The van der Waals surface area contributed by atoms with Crippen molar-refractivity contribution in [3.8, 4) is 11.5 Å². The second kappa shape index (κ2) is 10.3. The zero-order valence-corrected chi connectivity index (χ0v) is 18.4. The van der Waals surface area contributed by atoms with Gasteiger partial charge < -0.3 is 25.8 Å². The summed E-state index contributed by atoms with van der Waals surface area (Å²) < 4.78 is 11.0. The fourth-order valence-electron chi connectivity index (χ4n) is 3.37. The van der Waals surface area contributed by atoms with Crippen LogP contribution in [0.2, 0.25) is 0 Å². The summed E-state index contributed by atoms with van der Waals surface area (Å²) in [7, 11) is 3.17. The summed E-state index contributed by atoms with van der Waals surface area (Å²) >= 11 is 0. The van der Waals surface area contributed by atoms with Crippen molar-refractivity contribution in [1.82, 2.24) is 5.32 Å². The van der Waals surface area contributed by atoms with Crippen LogP contribution in [-0.4, -0.2) is 26.0 Å². The number of ether oxygens (including phenoxy) is 2. The molecule has 3 aromatic rings. The Morgan fingerprint density at radius 2 is 1.59 bits per heavy atom. The quantitative estimate of drug-likeness (QED) is 0.304. The van der Waals surface area contributed by atoms with Crippen LogP contribution >= 0.6 is 0 Å². The molecule has 0 aliphatic carbocycles. The van der Waals surface area contributed by atoms with Crippen molar-refractivity contribution >= 4 is 17.4 Å². The Bertz CT molecular complexity index is 1060. The van der Waals surface area contributed by atoms with E-state index in [0.29, 0.717) is 34.9 Å². The number of benzene rings is 3. The van der Waals surface area contributed by atoms with Crippen LogP contribution in [0.1, 0.15) is 28.3 Å².